The predicted molar refractivity (Wildman–Crippen MR) is 73.0 cm³/mol. The molecule has 4 heteroatoms. The zero-order chi connectivity index (χ0) is 13.3. The molecule has 1 atom stereocenters. The fourth-order valence-corrected chi connectivity index (χ4v) is 3.41. The van der Waals surface area contributed by atoms with Gasteiger partial charge < -0.3 is 0 Å². The van der Waals surface area contributed by atoms with Crippen molar-refractivity contribution >= 4 is 15.7 Å². The molecule has 1 aliphatic carbocycles. The van der Waals surface area contributed by atoms with Crippen LogP contribution in [0.4, 0.5) is 0 Å². The summed E-state index contributed by atoms with van der Waals surface area (Å²) in [7, 11) is -3.99. The molecule has 3 nitrogen and oxygen atoms in total. The van der Waals surface area contributed by atoms with Crippen LogP contribution < -0.4 is 0 Å². The monoisotopic (exact) mass is 264 g/mol. The average Bonchev–Trinajstić information content (AvgIpc) is 2.61. The summed E-state index contributed by atoms with van der Waals surface area (Å²) in [6.07, 6.45) is 3.91. The van der Waals surface area contributed by atoms with Gasteiger partial charge in [0.2, 0.25) is 0 Å². The van der Waals surface area contributed by atoms with Crippen molar-refractivity contribution < 1.29 is 13.0 Å². The Labute approximate surface area is 108 Å². The van der Waals surface area contributed by atoms with E-state index in [1.54, 1.807) is 0 Å². The SMILES string of the molecule is C/C=C1\C(=C/C)c2ccccc2C1CS(=O)(=O)O. The van der Waals surface area contributed by atoms with Crippen LogP contribution in [-0.2, 0) is 10.1 Å². The Kier molecular flexibility index (Phi) is 3.41. The summed E-state index contributed by atoms with van der Waals surface area (Å²) in [4.78, 5) is 0. The summed E-state index contributed by atoms with van der Waals surface area (Å²) in [5.74, 6) is -0.534. The molecule has 0 saturated heterocycles. The maximum Gasteiger partial charge on any atom is 0.265 e. The molecule has 0 spiro atoms. The highest BCUT2D eigenvalue weighted by Gasteiger charge is 2.32. The van der Waals surface area contributed by atoms with Gasteiger partial charge in [0.05, 0.1) is 5.75 Å². The van der Waals surface area contributed by atoms with Crippen molar-refractivity contribution in [1.82, 2.24) is 0 Å². The third kappa shape index (κ3) is 2.26. The number of allylic oxidation sites excluding steroid dienone is 4. The van der Waals surface area contributed by atoms with Crippen LogP contribution in [0, 0.1) is 0 Å². The molecule has 1 N–H and O–H groups in total. The summed E-state index contributed by atoms with van der Waals surface area (Å²) < 4.78 is 31.4. The Morgan fingerprint density at radius 1 is 1.22 bits per heavy atom. The lowest BCUT2D eigenvalue weighted by molar-refractivity contribution is 0.480. The van der Waals surface area contributed by atoms with Crippen LogP contribution in [-0.4, -0.2) is 18.7 Å². The van der Waals surface area contributed by atoms with E-state index in [9.17, 15) is 8.42 Å². The third-order valence-electron chi connectivity index (χ3n) is 3.29. The van der Waals surface area contributed by atoms with E-state index in [1.807, 2.05) is 50.3 Å². The molecule has 0 saturated carbocycles. The minimum absolute atomic E-state index is 0.263. The highest BCUT2D eigenvalue weighted by atomic mass is 32.2. The Morgan fingerprint density at radius 3 is 2.44 bits per heavy atom. The molecular weight excluding hydrogens is 248 g/mol. The molecule has 0 aliphatic heterocycles. The fraction of sp³-hybridized carbons (Fsp3) is 0.286. The summed E-state index contributed by atoms with van der Waals surface area (Å²) in [6, 6.07) is 7.73. The molecule has 2 rings (SSSR count). The van der Waals surface area contributed by atoms with Crippen molar-refractivity contribution in [1.29, 1.82) is 0 Å². The van der Waals surface area contributed by atoms with Gasteiger partial charge in [-0.1, -0.05) is 36.4 Å². The highest BCUT2D eigenvalue weighted by molar-refractivity contribution is 7.85. The topological polar surface area (TPSA) is 54.4 Å². The third-order valence-corrected chi connectivity index (χ3v) is 4.04. The second-order valence-electron chi connectivity index (χ2n) is 4.33. The van der Waals surface area contributed by atoms with Crippen molar-refractivity contribution in [3.8, 4) is 0 Å². The van der Waals surface area contributed by atoms with Gasteiger partial charge in [-0.2, -0.15) is 8.42 Å². The van der Waals surface area contributed by atoms with Gasteiger partial charge in [0, 0.05) is 5.92 Å². The Balaban J connectivity index is 2.60. The van der Waals surface area contributed by atoms with Crippen molar-refractivity contribution in [2.75, 3.05) is 5.75 Å². The smallest absolute Gasteiger partial charge is 0.265 e. The zero-order valence-electron chi connectivity index (χ0n) is 10.4. The molecule has 0 amide bonds. The van der Waals surface area contributed by atoms with E-state index in [1.165, 1.54) is 0 Å². The lowest BCUT2D eigenvalue weighted by atomic mass is 9.99. The standard InChI is InChI=1S/C14H16O3S/c1-3-10-11(4-2)14(9-18(15,16)17)13-8-6-5-7-12(10)13/h3-8,14H,9H2,1-2H3,(H,15,16,17)/b10-3+,11-4+. The largest absolute Gasteiger partial charge is 0.286 e. The van der Waals surface area contributed by atoms with Gasteiger partial charge in [0.15, 0.2) is 0 Å². The first-order valence-electron chi connectivity index (χ1n) is 5.85. The molecule has 1 aromatic rings. The van der Waals surface area contributed by atoms with Gasteiger partial charge in [-0.15, -0.1) is 0 Å². The summed E-state index contributed by atoms with van der Waals surface area (Å²) in [5, 5.41) is 0. The molecule has 0 heterocycles. The molecular formula is C14H16O3S. The van der Waals surface area contributed by atoms with Crippen molar-refractivity contribution in [2.45, 2.75) is 19.8 Å². The minimum atomic E-state index is -3.99. The van der Waals surface area contributed by atoms with Gasteiger partial charge in [-0.05, 0) is 36.1 Å². The van der Waals surface area contributed by atoms with Crippen LogP contribution in [0.15, 0.2) is 42.0 Å². The molecule has 1 aromatic carbocycles. The van der Waals surface area contributed by atoms with Crippen molar-refractivity contribution in [3.05, 3.63) is 53.1 Å². The maximum atomic E-state index is 11.2. The average molecular weight is 264 g/mol. The molecule has 0 radical (unpaired) electrons. The van der Waals surface area contributed by atoms with E-state index in [-0.39, 0.29) is 11.7 Å². The van der Waals surface area contributed by atoms with E-state index < -0.39 is 10.1 Å². The molecule has 1 aliphatic rings. The van der Waals surface area contributed by atoms with Crippen molar-refractivity contribution in [3.63, 3.8) is 0 Å². The molecule has 1 unspecified atom stereocenters. The summed E-state index contributed by atoms with van der Waals surface area (Å²) >= 11 is 0. The molecule has 0 bridgehead atoms. The molecule has 96 valence electrons. The van der Waals surface area contributed by atoms with Crippen LogP contribution in [0.3, 0.4) is 0 Å². The second-order valence-corrected chi connectivity index (χ2v) is 5.83. The predicted octanol–water partition coefficient (Wildman–Crippen LogP) is 3.02. The van der Waals surface area contributed by atoms with Crippen LogP contribution in [0.2, 0.25) is 0 Å². The van der Waals surface area contributed by atoms with E-state index in [2.05, 4.69) is 0 Å². The Morgan fingerprint density at radius 2 is 1.89 bits per heavy atom. The zero-order valence-corrected chi connectivity index (χ0v) is 11.2. The first-order chi connectivity index (χ1) is 8.48. The van der Waals surface area contributed by atoms with E-state index in [4.69, 9.17) is 4.55 Å². The Bertz CT molecular complexity index is 624. The number of benzene rings is 1. The lowest BCUT2D eigenvalue weighted by Crippen LogP contribution is -2.13. The van der Waals surface area contributed by atoms with E-state index >= 15 is 0 Å². The van der Waals surface area contributed by atoms with Crippen LogP contribution >= 0.6 is 0 Å². The van der Waals surface area contributed by atoms with Crippen LogP contribution in [0.25, 0.3) is 5.57 Å². The minimum Gasteiger partial charge on any atom is -0.286 e. The fourth-order valence-electron chi connectivity index (χ4n) is 2.63. The quantitative estimate of drug-likeness (QED) is 0.835. The number of rotatable bonds is 2. The van der Waals surface area contributed by atoms with Gasteiger partial charge in [-0.3, -0.25) is 4.55 Å². The van der Waals surface area contributed by atoms with Gasteiger partial charge in [0.25, 0.3) is 10.1 Å². The second kappa shape index (κ2) is 4.71. The highest BCUT2D eigenvalue weighted by Crippen LogP contribution is 2.45. The normalized spacial score (nSPS) is 23.6. The Hall–Kier alpha value is -1.39. The van der Waals surface area contributed by atoms with E-state index in [0.29, 0.717) is 0 Å². The maximum absolute atomic E-state index is 11.2. The van der Waals surface area contributed by atoms with Crippen LogP contribution in [0.5, 0.6) is 0 Å². The van der Waals surface area contributed by atoms with Gasteiger partial charge in [-0.25, -0.2) is 0 Å². The van der Waals surface area contributed by atoms with Crippen molar-refractivity contribution in [2.24, 2.45) is 0 Å². The first-order valence-corrected chi connectivity index (χ1v) is 7.46. The van der Waals surface area contributed by atoms with Gasteiger partial charge >= 0.3 is 0 Å². The summed E-state index contributed by atoms with van der Waals surface area (Å²) in [5.41, 5.74) is 4.05. The summed E-state index contributed by atoms with van der Waals surface area (Å²) in [6.45, 7) is 3.83. The molecule has 18 heavy (non-hydrogen) atoms. The number of fused-ring (bicyclic) bond motifs is 1. The van der Waals surface area contributed by atoms with E-state index in [0.717, 1.165) is 22.3 Å². The lowest BCUT2D eigenvalue weighted by Gasteiger charge is -2.11. The van der Waals surface area contributed by atoms with Gasteiger partial charge in [0.1, 0.15) is 0 Å². The van der Waals surface area contributed by atoms with Crippen LogP contribution in [0.1, 0.15) is 30.9 Å². The molecule has 0 aromatic heterocycles. The molecule has 0 fully saturated rings. The first kappa shape index (κ1) is 13.1. The number of hydrogen-bond acceptors (Lipinski definition) is 2. The number of hydrogen-bond donors (Lipinski definition) is 1.